The van der Waals surface area contributed by atoms with Crippen LogP contribution in [0.4, 0.5) is 0 Å². The molecule has 130 valence electrons. The van der Waals surface area contributed by atoms with Gasteiger partial charge in [0.15, 0.2) is 0 Å². The number of aliphatic hydroxyl groups excluding tert-OH is 1. The minimum atomic E-state index is -0.180. The van der Waals surface area contributed by atoms with Crippen molar-refractivity contribution in [3.05, 3.63) is 35.4 Å². The second-order valence-corrected chi connectivity index (χ2v) is 6.05. The lowest BCUT2D eigenvalue weighted by Crippen LogP contribution is -2.45. The van der Waals surface area contributed by atoms with Gasteiger partial charge in [0.05, 0.1) is 12.3 Å². The number of hydrogen-bond donors (Lipinski definition) is 3. The first kappa shape index (κ1) is 18.1. The van der Waals surface area contributed by atoms with Gasteiger partial charge in [-0.25, -0.2) is 0 Å². The van der Waals surface area contributed by atoms with Gasteiger partial charge in [0.1, 0.15) is 18.2 Å². The van der Waals surface area contributed by atoms with Gasteiger partial charge >= 0.3 is 0 Å². The maximum atomic E-state index is 9.01. The Labute approximate surface area is 141 Å². The Bertz CT molecular complexity index is 592. The highest BCUT2D eigenvalue weighted by Crippen LogP contribution is 2.36. The van der Waals surface area contributed by atoms with E-state index in [1.807, 2.05) is 31.1 Å². The Kier molecular flexibility index (Phi) is 6.05. The van der Waals surface area contributed by atoms with Crippen molar-refractivity contribution in [2.45, 2.75) is 24.9 Å². The summed E-state index contributed by atoms with van der Waals surface area (Å²) in [5.41, 5.74) is 8.00. The molecular formula is C17H24N4O3. The number of piperidine rings is 1. The van der Waals surface area contributed by atoms with E-state index in [1.165, 1.54) is 0 Å². The first-order valence-electron chi connectivity index (χ1n) is 7.94. The number of carbonyl (C=O) groups excluding carboxylic acids is 1. The summed E-state index contributed by atoms with van der Waals surface area (Å²) in [5.74, 6) is 0.0730. The van der Waals surface area contributed by atoms with Crippen LogP contribution in [0.15, 0.2) is 29.4 Å². The zero-order valence-electron chi connectivity index (χ0n) is 13.7. The molecule has 0 saturated carbocycles. The van der Waals surface area contributed by atoms with E-state index in [2.05, 4.69) is 10.1 Å². The van der Waals surface area contributed by atoms with E-state index >= 15 is 0 Å². The van der Waals surface area contributed by atoms with Crippen molar-refractivity contribution < 1.29 is 14.7 Å². The minimum Gasteiger partial charge on any atom is -0.395 e. The molecule has 1 saturated heterocycles. The molecular weight excluding hydrogens is 308 g/mol. The third-order valence-electron chi connectivity index (χ3n) is 4.55. The average molecular weight is 332 g/mol. The summed E-state index contributed by atoms with van der Waals surface area (Å²) in [6, 6.07) is 7.57. The van der Waals surface area contributed by atoms with E-state index < -0.39 is 0 Å². The molecule has 7 heteroatoms. The monoisotopic (exact) mass is 332 g/mol. The van der Waals surface area contributed by atoms with Crippen LogP contribution in [0, 0.1) is 5.41 Å². The van der Waals surface area contributed by atoms with E-state index in [0.717, 1.165) is 55.7 Å². The number of rotatable bonds is 4. The van der Waals surface area contributed by atoms with E-state index in [9.17, 15) is 0 Å². The lowest BCUT2D eigenvalue weighted by molar-refractivity contribution is -0.0980. The van der Waals surface area contributed by atoms with Crippen LogP contribution in [0.5, 0.6) is 0 Å². The van der Waals surface area contributed by atoms with Crippen molar-refractivity contribution in [3.63, 3.8) is 0 Å². The van der Waals surface area contributed by atoms with Crippen molar-refractivity contribution in [2.75, 3.05) is 26.2 Å². The zero-order chi connectivity index (χ0) is 17.6. The Morgan fingerprint density at radius 1 is 1.33 bits per heavy atom. The number of β-amino-alcohol motifs (C(OH)–C–C–N with tert-alkyl or cyclic N) is 1. The number of nitrogens with zero attached hydrogens (tertiary/aromatic N) is 2. The number of likely N-dealkylation sites (tertiary alicyclic amines) is 1. The summed E-state index contributed by atoms with van der Waals surface area (Å²) < 4.78 is 0. The molecule has 2 aliphatic heterocycles. The summed E-state index contributed by atoms with van der Waals surface area (Å²) in [6.07, 6.45) is 2.69. The largest absolute Gasteiger partial charge is 0.395 e. The van der Waals surface area contributed by atoms with Gasteiger partial charge in [-0.2, -0.15) is 0 Å². The fourth-order valence-corrected chi connectivity index (χ4v) is 3.11. The average Bonchev–Trinajstić information content (AvgIpc) is 3.03. The lowest BCUT2D eigenvalue weighted by Gasteiger charge is -2.36. The third kappa shape index (κ3) is 3.98. The standard InChI is InChI=1S/C16H22N4O2.CH2O/c17-15(18)13-3-1-12(2-4-13)14-11-16(22-19-14)5-7-20(8-6-16)9-10-21;1-2/h1-4,21H,5-11H2,(H3,17,18);1H2. The fraction of sp³-hybridized carbons (Fsp3) is 0.471. The van der Waals surface area contributed by atoms with Gasteiger partial charge in [-0.15, -0.1) is 0 Å². The normalized spacial score (nSPS) is 19.1. The van der Waals surface area contributed by atoms with Crippen LogP contribution in [0.1, 0.15) is 30.4 Å². The van der Waals surface area contributed by atoms with E-state index in [1.54, 1.807) is 0 Å². The topological polar surface area (TPSA) is 112 Å². The Morgan fingerprint density at radius 2 is 1.96 bits per heavy atom. The van der Waals surface area contributed by atoms with Gasteiger partial charge < -0.3 is 25.4 Å². The van der Waals surface area contributed by atoms with E-state index in [4.69, 9.17) is 25.9 Å². The Hall–Kier alpha value is -2.25. The van der Waals surface area contributed by atoms with Crippen LogP contribution in [-0.4, -0.2) is 60.2 Å². The van der Waals surface area contributed by atoms with Gasteiger partial charge in [-0.05, 0) is 5.56 Å². The molecule has 0 aromatic heterocycles. The zero-order valence-corrected chi connectivity index (χ0v) is 13.7. The summed E-state index contributed by atoms with van der Waals surface area (Å²) in [4.78, 5) is 16.0. The molecule has 0 radical (unpaired) electrons. The van der Waals surface area contributed by atoms with Crippen LogP contribution in [0.2, 0.25) is 0 Å². The van der Waals surface area contributed by atoms with E-state index in [0.29, 0.717) is 0 Å². The van der Waals surface area contributed by atoms with Gasteiger partial charge in [0.2, 0.25) is 0 Å². The molecule has 3 rings (SSSR count). The Morgan fingerprint density at radius 3 is 2.50 bits per heavy atom. The minimum absolute atomic E-state index is 0.0730. The molecule has 0 bridgehead atoms. The van der Waals surface area contributed by atoms with Crippen LogP contribution in [0.25, 0.3) is 0 Å². The molecule has 1 fully saturated rings. The van der Waals surface area contributed by atoms with Crippen LogP contribution in [0.3, 0.4) is 0 Å². The highest BCUT2D eigenvalue weighted by molar-refractivity contribution is 6.03. The molecule has 1 aromatic carbocycles. The van der Waals surface area contributed by atoms with Crippen LogP contribution >= 0.6 is 0 Å². The smallest absolute Gasteiger partial charge is 0.145 e. The number of oxime groups is 1. The second-order valence-electron chi connectivity index (χ2n) is 6.05. The summed E-state index contributed by atoms with van der Waals surface area (Å²) in [5, 5.41) is 20.7. The van der Waals surface area contributed by atoms with Crippen molar-refractivity contribution in [1.29, 1.82) is 5.41 Å². The number of amidine groups is 1. The van der Waals surface area contributed by atoms with Gasteiger partial charge in [-0.3, -0.25) is 5.41 Å². The number of benzene rings is 1. The first-order chi connectivity index (χ1) is 11.6. The van der Waals surface area contributed by atoms with E-state index in [-0.39, 0.29) is 18.0 Å². The molecule has 7 nitrogen and oxygen atoms in total. The summed E-state index contributed by atoms with van der Waals surface area (Å²) in [6.45, 7) is 4.81. The molecule has 0 amide bonds. The highest BCUT2D eigenvalue weighted by Gasteiger charge is 2.42. The first-order valence-corrected chi connectivity index (χ1v) is 7.94. The molecule has 1 spiro atoms. The molecule has 1 aromatic rings. The quantitative estimate of drug-likeness (QED) is 0.556. The maximum absolute atomic E-state index is 9.01. The lowest BCUT2D eigenvalue weighted by atomic mass is 9.85. The molecule has 0 atom stereocenters. The van der Waals surface area contributed by atoms with Gasteiger partial charge in [0.25, 0.3) is 0 Å². The predicted octanol–water partition coefficient (Wildman–Crippen LogP) is 0.737. The Balaban J connectivity index is 0.00000100. The summed E-state index contributed by atoms with van der Waals surface area (Å²) >= 11 is 0. The van der Waals surface area contributed by atoms with Crippen molar-refractivity contribution in [3.8, 4) is 0 Å². The van der Waals surface area contributed by atoms with Crippen molar-refractivity contribution >= 4 is 18.3 Å². The van der Waals surface area contributed by atoms with Crippen molar-refractivity contribution in [2.24, 2.45) is 10.9 Å². The number of nitrogens with one attached hydrogen (secondary N) is 1. The number of hydrogen-bond acceptors (Lipinski definition) is 6. The highest BCUT2D eigenvalue weighted by atomic mass is 16.7. The summed E-state index contributed by atoms with van der Waals surface area (Å²) in [7, 11) is 0. The SMILES string of the molecule is C=O.N=C(N)c1ccc(C2=NOC3(CCN(CCO)CC3)C2)cc1. The maximum Gasteiger partial charge on any atom is 0.145 e. The molecule has 0 unspecified atom stereocenters. The molecule has 4 N–H and O–H groups in total. The molecule has 0 aliphatic carbocycles. The number of nitrogen functional groups attached to an aromatic ring is 1. The third-order valence-corrected chi connectivity index (χ3v) is 4.55. The molecule has 2 aliphatic rings. The molecule has 2 heterocycles. The fourth-order valence-electron chi connectivity index (χ4n) is 3.11. The predicted molar refractivity (Wildman–Crippen MR) is 92.3 cm³/mol. The van der Waals surface area contributed by atoms with Crippen LogP contribution < -0.4 is 5.73 Å². The molecule has 24 heavy (non-hydrogen) atoms. The van der Waals surface area contributed by atoms with Gasteiger partial charge in [-0.1, -0.05) is 29.4 Å². The van der Waals surface area contributed by atoms with Gasteiger partial charge in [0, 0.05) is 44.5 Å². The van der Waals surface area contributed by atoms with Crippen molar-refractivity contribution in [1.82, 2.24) is 4.90 Å². The number of aliphatic hydroxyl groups is 1. The second kappa shape index (κ2) is 8.03. The van der Waals surface area contributed by atoms with Crippen LogP contribution in [-0.2, 0) is 9.63 Å². The number of nitrogens with two attached hydrogens (primary N) is 1. The number of carbonyl (C=O) groups is 1.